The molecule has 0 spiro atoms. The van der Waals surface area contributed by atoms with Crippen molar-refractivity contribution in [3.05, 3.63) is 39.9 Å². The quantitative estimate of drug-likeness (QED) is 0.899. The molecule has 0 amide bonds. The van der Waals surface area contributed by atoms with Gasteiger partial charge in [-0.2, -0.15) is 0 Å². The molecule has 6 heteroatoms. The molecule has 0 atom stereocenters. The monoisotopic (exact) mass is 350 g/mol. The molecular formula is C15H19BrN4O. The van der Waals surface area contributed by atoms with Crippen molar-refractivity contribution in [2.75, 3.05) is 12.4 Å². The largest absolute Gasteiger partial charge is 0.380 e. The Morgan fingerprint density at radius 2 is 2.24 bits per heavy atom. The zero-order valence-electron chi connectivity index (χ0n) is 12.1. The summed E-state index contributed by atoms with van der Waals surface area (Å²) in [6, 6.07) is 6.11. The predicted octanol–water partition coefficient (Wildman–Crippen LogP) is 3.14. The number of aromatic nitrogens is 3. The maximum absolute atomic E-state index is 5.27. The zero-order chi connectivity index (χ0) is 14.7. The van der Waals surface area contributed by atoms with Crippen LogP contribution in [0.2, 0.25) is 0 Å². The molecule has 0 aliphatic carbocycles. The van der Waals surface area contributed by atoms with E-state index in [0.29, 0.717) is 13.2 Å². The van der Waals surface area contributed by atoms with Crippen LogP contribution in [0.4, 0.5) is 5.69 Å². The smallest absolute Gasteiger partial charge is 0.152 e. The van der Waals surface area contributed by atoms with Crippen LogP contribution in [-0.2, 0) is 30.9 Å². The lowest BCUT2D eigenvalue weighted by atomic mass is 10.1. The number of halogens is 1. The number of benzene rings is 1. The topological polar surface area (TPSA) is 52.0 Å². The standard InChI is InChI=1S/C15H19BrN4O/c1-21-10-11-12(16)5-4-6-13(11)17-9-15-19-18-14-7-2-3-8-20(14)15/h4-6,17H,2-3,7-10H2,1H3. The van der Waals surface area contributed by atoms with Crippen molar-refractivity contribution < 1.29 is 4.74 Å². The van der Waals surface area contributed by atoms with Crippen LogP contribution < -0.4 is 5.32 Å². The fourth-order valence-corrected chi connectivity index (χ4v) is 3.17. The molecule has 3 rings (SSSR count). The van der Waals surface area contributed by atoms with Gasteiger partial charge in [0.05, 0.1) is 13.2 Å². The number of hydrogen-bond donors (Lipinski definition) is 1. The summed E-state index contributed by atoms with van der Waals surface area (Å²) < 4.78 is 8.57. The van der Waals surface area contributed by atoms with E-state index in [0.717, 1.165) is 40.3 Å². The number of anilines is 1. The number of nitrogens with zero attached hydrogens (tertiary/aromatic N) is 3. The van der Waals surface area contributed by atoms with Gasteiger partial charge >= 0.3 is 0 Å². The second-order valence-electron chi connectivity index (χ2n) is 5.19. The van der Waals surface area contributed by atoms with Gasteiger partial charge in [-0.05, 0) is 25.0 Å². The number of ether oxygens (including phenoxy) is 1. The van der Waals surface area contributed by atoms with Gasteiger partial charge in [0, 0.05) is 35.8 Å². The normalized spacial score (nSPS) is 14.0. The van der Waals surface area contributed by atoms with Gasteiger partial charge in [-0.25, -0.2) is 0 Å². The minimum Gasteiger partial charge on any atom is -0.380 e. The molecule has 1 aromatic heterocycles. The van der Waals surface area contributed by atoms with E-state index >= 15 is 0 Å². The van der Waals surface area contributed by atoms with E-state index in [4.69, 9.17) is 4.74 Å². The molecule has 1 aromatic carbocycles. The van der Waals surface area contributed by atoms with E-state index in [1.54, 1.807) is 7.11 Å². The lowest BCUT2D eigenvalue weighted by molar-refractivity contribution is 0.185. The minimum absolute atomic E-state index is 0.571. The maximum atomic E-state index is 5.27. The summed E-state index contributed by atoms with van der Waals surface area (Å²) in [5.41, 5.74) is 2.19. The van der Waals surface area contributed by atoms with Gasteiger partial charge in [0.1, 0.15) is 5.82 Å². The first-order valence-electron chi connectivity index (χ1n) is 7.20. The Kier molecular flexibility index (Phi) is 4.55. The van der Waals surface area contributed by atoms with E-state index < -0.39 is 0 Å². The number of fused-ring (bicyclic) bond motifs is 1. The summed E-state index contributed by atoms with van der Waals surface area (Å²) in [6.07, 6.45) is 3.47. The molecular weight excluding hydrogens is 332 g/mol. The third-order valence-electron chi connectivity index (χ3n) is 3.78. The van der Waals surface area contributed by atoms with Crippen LogP contribution in [0.15, 0.2) is 22.7 Å². The molecule has 0 saturated carbocycles. The lowest BCUT2D eigenvalue weighted by Crippen LogP contribution is -2.15. The number of methoxy groups -OCH3 is 1. The highest BCUT2D eigenvalue weighted by molar-refractivity contribution is 9.10. The SMILES string of the molecule is COCc1c(Br)cccc1NCc1nnc2n1CCCC2. The molecule has 5 nitrogen and oxygen atoms in total. The Hall–Kier alpha value is -1.40. The van der Waals surface area contributed by atoms with Crippen LogP contribution in [0.5, 0.6) is 0 Å². The third kappa shape index (κ3) is 3.11. The van der Waals surface area contributed by atoms with Gasteiger partial charge in [0.2, 0.25) is 0 Å². The van der Waals surface area contributed by atoms with Gasteiger partial charge in [-0.1, -0.05) is 22.0 Å². The summed E-state index contributed by atoms with van der Waals surface area (Å²) in [5.74, 6) is 2.12. The highest BCUT2D eigenvalue weighted by atomic mass is 79.9. The molecule has 0 bridgehead atoms. The molecule has 1 aliphatic rings. The fourth-order valence-electron chi connectivity index (χ4n) is 2.69. The second kappa shape index (κ2) is 6.58. The van der Waals surface area contributed by atoms with Crippen LogP contribution in [0, 0.1) is 0 Å². The van der Waals surface area contributed by atoms with Crippen LogP contribution in [0.25, 0.3) is 0 Å². The van der Waals surface area contributed by atoms with Crippen molar-refractivity contribution in [1.29, 1.82) is 0 Å². The highest BCUT2D eigenvalue weighted by Gasteiger charge is 2.15. The van der Waals surface area contributed by atoms with E-state index in [1.165, 1.54) is 12.8 Å². The van der Waals surface area contributed by atoms with E-state index in [-0.39, 0.29) is 0 Å². The maximum Gasteiger partial charge on any atom is 0.152 e. The molecule has 2 aromatic rings. The zero-order valence-corrected chi connectivity index (χ0v) is 13.7. The first-order valence-corrected chi connectivity index (χ1v) is 8.00. The summed E-state index contributed by atoms with van der Waals surface area (Å²) in [7, 11) is 1.71. The van der Waals surface area contributed by atoms with Crippen molar-refractivity contribution in [1.82, 2.24) is 14.8 Å². The van der Waals surface area contributed by atoms with E-state index in [2.05, 4.69) is 42.1 Å². The molecule has 0 unspecified atom stereocenters. The Morgan fingerprint density at radius 1 is 1.33 bits per heavy atom. The van der Waals surface area contributed by atoms with Gasteiger partial charge in [-0.3, -0.25) is 0 Å². The number of nitrogens with one attached hydrogen (secondary N) is 1. The molecule has 1 N–H and O–H groups in total. The summed E-state index contributed by atoms with van der Waals surface area (Å²) in [6.45, 7) is 2.28. The Labute approximate surface area is 132 Å². The highest BCUT2D eigenvalue weighted by Crippen LogP contribution is 2.26. The Morgan fingerprint density at radius 3 is 3.10 bits per heavy atom. The average molecular weight is 351 g/mol. The van der Waals surface area contributed by atoms with E-state index in [1.807, 2.05) is 12.1 Å². The van der Waals surface area contributed by atoms with Crippen molar-refractivity contribution in [3.63, 3.8) is 0 Å². The van der Waals surface area contributed by atoms with Crippen LogP contribution in [0.1, 0.15) is 30.1 Å². The van der Waals surface area contributed by atoms with E-state index in [9.17, 15) is 0 Å². The molecule has 0 radical (unpaired) electrons. The molecule has 0 saturated heterocycles. The second-order valence-corrected chi connectivity index (χ2v) is 6.05. The van der Waals surface area contributed by atoms with Gasteiger partial charge in [-0.15, -0.1) is 10.2 Å². The first kappa shape index (κ1) is 14.5. The molecule has 112 valence electrons. The lowest BCUT2D eigenvalue weighted by Gasteiger charge is -2.16. The van der Waals surface area contributed by atoms with Crippen LogP contribution in [-0.4, -0.2) is 21.9 Å². The molecule has 0 fully saturated rings. The van der Waals surface area contributed by atoms with Crippen LogP contribution >= 0.6 is 15.9 Å². The Balaban J connectivity index is 1.76. The first-order chi connectivity index (χ1) is 10.3. The summed E-state index contributed by atoms with van der Waals surface area (Å²) in [5, 5.41) is 12.1. The van der Waals surface area contributed by atoms with Crippen molar-refractivity contribution in [3.8, 4) is 0 Å². The average Bonchev–Trinajstić information content (AvgIpc) is 2.91. The number of rotatable bonds is 5. The Bertz CT molecular complexity index is 626. The van der Waals surface area contributed by atoms with Gasteiger partial charge in [0.25, 0.3) is 0 Å². The molecule has 21 heavy (non-hydrogen) atoms. The number of aryl methyl sites for hydroxylation is 1. The predicted molar refractivity (Wildman–Crippen MR) is 85.1 cm³/mol. The molecule has 1 aliphatic heterocycles. The fraction of sp³-hybridized carbons (Fsp3) is 0.467. The summed E-state index contributed by atoms with van der Waals surface area (Å²) >= 11 is 3.57. The minimum atomic E-state index is 0.571. The molecule has 2 heterocycles. The summed E-state index contributed by atoms with van der Waals surface area (Å²) in [4.78, 5) is 0. The van der Waals surface area contributed by atoms with Crippen molar-refractivity contribution in [2.24, 2.45) is 0 Å². The van der Waals surface area contributed by atoms with Crippen LogP contribution in [0.3, 0.4) is 0 Å². The van der Waals surface area contributed by atoms with Crippen molar-refractivity contribution >= 4 is 21.6 Å². The third-order valence-corrected chi connectivity index (χ3v) is 4.52. The van der Waals surface area contributed by atoms with Gasteiger partial charge < -0.3 is 14.6 Å². The van der Waals surface area contributed by atoms with Crippen molar-refractivity contribution in [2.45, 2.75) is 39.0 Å². The van der Waals surface area contributed by atoms with Gasteiger partial charge in [0.15, 0.2) is 5.82 Å². The number of hydrogen-bond acceptors (Lipinski definition) is 4.